The molecule has 0 saturated heterocycles. The summed E-state index contributed by atoms with van der Waals surface area (Å²) >= 11 is 0. The molecule has 0 aromatic carbocycles. The minimum atomic E-state index is -0.790. The molecular weight excluding hydrogens is 220 g/mol. The third-order valence-corrected chi connectivity index (χ3v) is 2.83. The summed E-state index contributed by atoms with van der Waals surface area (Å²) in [7, 11) is 0. The lowest BCUT2D eigenvalue weighted by atomic mass is 10.0. The van der Waals surface area contributed by atoms with Crippen LogP contribution >= 0.6 is 0 Å². The van der Waals surface area contributed by atoms with Crippen LogP contribution in [0.15, 0.2) is 0 Å². The highest BCUT2D eigenvalue weighted by Crippen LogP contribution is 2.06. The molecular formula is C12H24N2O3. The largest absolute Gasteiger partial charge is 0.481 e. The van der Waals surface area contributed by atoms with E-state index in [9.17, 15) is 9.59 Å². The zero-order valence-electron chi connectivity index (χ0n) is 10.7. The third kappa shape index (κ3) is 6.94. The molecule has 0 aromatic heterocycles. The van der Waals surface area contributed by atoms with E-state index in [0.29, 0.717) is 25.9 Å². The first-order valence-corrected chi connectivity index (χ1v) is 6.23. The second-order valence-electron chi connectivity index (χ2n) is 4.39. The summed E-state index contributed by atoms with van der Waals surface area (Å²) in [5, 5.41) is 11.5. The Hall–Kier alpha value is -1.10. The normalized spacial score (nSPS) is 14.1. The first-order valence-electron chi connectivity index (χ1n) is 6.23. The van der Waals surface area contributed by atoms with Gasteiger partial charge in [-0.15, -0.1) is 0 Å². The molecule has 4 N–H and O–H groups in total. The number of carbonyl (C=O) groups is 2. The average Bonchev–Trinajstić information content (AvgIpc) is 2.30. The van der Waals surface area contributed by atoms with Gasteiger partial charge in [0.15, 0.2) is 0 Å². The van der Waals surface area contributed by atoms with E-state index in [1.165, 1.54) is 0 Å². The van der Waals surface area contributed by atoms with E-state index in [1.807, 2.05) is 6.92 Å². The van der Waals surface area contributed by atoms with Crippen molar-refractivity contribution < 1.29 is 14.7 Å². The molecule has 100 valence electrons. The quantitative estimate of drug-likeness (QED) is 0.527. The Labute approximate surface area is 103 Å². The summed E-state index contributed by atoms with van der Waals surface area (Å²) in [5.74, 6) is -1.27. The van der Waals surface area contributed by atoms with Crippen LogP contribution in [-0.2, 0) is 9.59 Å². The topological polar surface area (TPSA) is 92.4 Å². The second kappa shape index (κ2) is 8.98. The predicted octanol–water partition coefficient (Wildman–Crippen LogP) is 0.979. The minimum Gasteiger partial charge on any atom is -0.481 e. The van der Waals surface area contributed by atoms with Crippen LogP contribution in [0.25, 0.3) is 0 Å². The molecule has 0 rings (SSSR count). The van der Waals surface area contributed by atoms with Gasteiger partial charge in [-0.25, -0.2) is 0 Å². The van der Waals surface area contributed by atoms with Gasteiger partial charge in [0.25, 0.3) is 0 Å². The van der Waals surface area contributed by atoms with Crippen LogP contribution in [0, 0.1) is 11.8 Å². The number of amides is 1. The van der Waals surface area contributed by atoms with E-state index in [4.69, 9.17) is 10.8 Å². The Morgan fingerprint density at radius 3 is 2.47 bits per heavy atom. The van der Waals surface area contributed by atoms with Crippen LogP contribution in [-0.4, -0.2) is 30.1 Å². The van der Waals surface area contributed by atoms with Crippen LogP contribution in [0.2, 0.25) is 0 Å². The first kappa shape index (κ1) is 15.9. The highest BCUT2D eigenvalue weighted by molar-refractivity contribution is 5.78. The number of carboxylic acid groups (broad SMARTS) is 1. The molecule has 5 nitrogen and oxygen atoms in total. The van der Waals surface area contributed by atoms with Gasteiger partial charge in [0.05, 0.1) is 11.8 Å². The van der Waals surface area contributed by atoms with Crippen molar-refractivity contribution in [2.75, 3.05) is 13.1 Å². The number of hydrogen-bond donors (Lipinski definition) is 3. The van der Waals surface area contributed by atoms with Crippen molar-refractivity contribution >= 4 is 11.9 Å². The summed E-state index contributed by atoms with van der Waals surface area (Å²) in [6.45, 7) is 4.58. The van der Waals surface area contributed by atoms with Crippen molar-refractivity contribution in [2.24, 2.45) is 17.6 Å². The molecule has 0 aliphatic heterocycles. The highest BCUT2D eigenvalue weighted by atomic mass is 16.4. The second-order valence-corrected chi connectivity index (χ2v) is 4.39. The maximum absolute atomic E-state index is 11.6. The number of nitrogens with two attached hydrogens (primary N) is 1. The van der Waals surface area contributed by atoms with Crippen molar-refractivity contribution in [3.05, 3.63) is 0 Å². The van der Waals surface area contributed by atoms with Crippen LogP contribution < -0.4 is 11.1 Å². The molecule has 2 atom stereocenters. The standard InChI is InChI=1S/C12H24N2O3/c1-3-5-10(8-13)11(15)14-7-4-6-9(2)12(16)17/h9-10H,3-8,13H2,1-2H3,(H,14,15)(H,16,17). The van der Waals surface area contributed by atoms with Crippen LogP contribution in [0.3, 0.4) is 0 Å². The van der Waals surface area contributed by atoms with Crippen LogP contribution in [0.4, 0.5) is 0 Å². The number of hydrogen-bond acceptors (Lipinski definition) is 3. The molecule has 5 heteroatoms. The van der Waals surface area contributed by atoms with Gasteiger partial charge < -0.3 is 16.2 Å². The Kier molecular flexibility index (Phi) is 8.40. The van der Waals surface area contributed by atoms with E-state index < -0.39 is 5.97 Å². The van der Waals surface area contributed by atoms with E-state index in [2.05, 4.69) is 5.32 Å². The maximum Gasteiger partial charge on any atom is 0.306 e. The molecule has 0 aromatic rings. The smallest absolute Gasteiger partial charge is 0.306 e. The minimum absolute atomic E-state index is 0.0164. The number of aliphatic carboxylic acids is 1. The number of carboxylic acids is 1. The lowest BCUT2D eigenvalue weighted by Crippen LogP contribution is -2.35. The third-order valence-electron chi connectivity index (χ3n) is 2.83. The summed E-state index contributed by atoms with van der Waals surface area (Å²) in [6.07, 6.45) is 3.00. The SMILES string of the molecule is CCCC(CN)C(=O)NCCCC(C)C(=O)O. The molecule has 0 heterocycles. The molecule has 0 aliphatic rings. The Morgan fingerprint density at radius 1 is 1.35 bits per heavy atom. The van der Waals surface area contributed by atoms with E-state index in [1.54, 1.807) is 6.92 Å². The fourth-order valence-electron chi connectivity index (χ4n) is 1.59. The lowest BCUT2D eigenvalue weighted by molar-refractivity contribution is -0.141. The van der Waals surface area contributed by atoms with Crippen molar-refractivity contribution in [1.29, 1.82) is 0 Å². The lowest BCUT2D eigenvalue weighted by Gasteiger charge is -2.14. The van der Waals surface area contributed by atoms with Crippen LogP contribution in [0.5, 0.6) is 0 Å². The molecule has 0 aliphatic carbocycles. The summed E-state index contributed by atoms with van der Waals surface area (Å²) in [5.41, 5.74) is 5.51. The van der Waals surface area contributed by atoms with E-state index in [-0.39, 0.29) is 17.7 Å². The monoisotopic (exact) mass is 244 g/mol. The van der Waals surface area contributed by atoms with Crippen LogP contribution in [0.1, 0.15) is 39.5 Å². The molecule has 1 amide bonds. The maximum atomic E-state index is 11.6. The van der Waals surface area contributed by atoms with Gasteiger partial charge in [-0.3, -0.25) is 9.59 Å². The molecule has 0 fully saturated rings. The Balaban J connectivity index is 3.73. The van der Waals surface area contributed by atoms with Gasteiger partial charge >= 0.3 is 5.97 Å². The van der Waals surface area contributed by atoms with E-state index in [0.717, 1.165) is 12.8 Å². The summed E-state index contributed by atoms with van der Waals surface area (Å²) < 4.78 is 0. The predicted molar refractivity (Wildman–Crippen MR) is 66.5 cm³/mol. The molecule has 17 heavy (non-hydrogen) atoms. The Morgan fingerprint density at radius 2 is 2.00 bits per heavy atom. The van der Waals surface area contributed by atoms with Gasteiger partial charge in [0, 0.05) is 13.1 Å². The zero-order chi connectivity index (χ0) is 13.3. The van der Waals surface area contributed by atoms with Gasteiger partial charge in [0.1, 0.15) is 0 Å². The fraction of sp³-hybridized carbons (Fsp3) is 0.833. The number of rotatable bonds is 9. The summed E-state index contributed by atoms with van der Waals surface area (Å²) in [4.78, 5) is 22.2. The molecule has 2 unspecified atom stereocenters. The first-order chi connectivity index (χ1) is 8.02. The van der Waals surface area contributed by atoms with Gasteiger partial charge in [-0.1, -0.05) is 20.3 Å². The zero-order valence-corrected chi connectivity index (χ0v) is 10.7. The fourth-order valence-corrected chi connectivity index (χ4v) is 1.59. The number of carbonyl (C=O) groups excluding carboxylic acids is 1. The highest BCUT2D eigenvalue weighted by Gasteiger charge is 2.15. The Bertz CT molecular complexity index is 244. The number of nitrogens with one attached hydrogen (secondary N) is 1. The average molecular weight is 244 g/mol. The van der Waals surface area contributed by atoms with E-state index >= 15 is 0 Å². The van der Waals surface area contributed by atoms with Crippen molar-refractivity contribution in [2.45, 2.75) is 39.5 Å². The van der Waals surface area contributed by atoms with Crippen molar-refractivity contribution in [1.82, 2.24) is 5.32 Å². The summed E-state index contributed by atoms with van der Waals surface area (Å²) in [6, 6.07) is 0. The van der Waals surface area contributed by atoms with Gasteiger partial charge in [-0.2, -0.15) is 0 Å². The van der Waals surface area contributed by atoms with Crippen molar-refractivity contribution in [3.63, 3.8) is 0 Å². The molecule has 0 radical (unpaired) electrons. The molecule has 0 saturated carbocycles. The molecule has 0 spiro atoms. The molecule has 0 bridgehead atoms. The van der Waals surface area contributed by atoms with Gasteiger partial charge in [-0.05, 0) is 19.3 Å². The van der Waals surface area contributed by atoms with Gasteiger partial charge in [0.2, 0.25) is 5.91 Å². The van der Waals surface area contributed by atoms with Crippen molar-refractivity contribution in [3.8, 4) is 0 Å².